The van der Waals surface area contributed by atoms with Crippen LogP contribution in [0.15, 0.2) is 18.2 Å². The number of non-ortho nitro benzene ring substituents is 2. The standard InChI is InChI=1S/C12H14N2O7/c1-2-3-20-4-5-21-12(15)9-6-10(13(16)17)8-11(7-9)14(18)19/h6-8H,2-5H2,1H3. The number of rotatable bonds is 8. The molecule has 0 atom stereocenters. The third-order valence-electron chi connectivity index (χ3n) is 2.37. The van der Waals surface area contributed by atoms with Gasteiger partial charge in [0.1, 0.15) is 6.61 Å². The third kappa shape index (κ3) is 5.15. The van der Waals surface area contributed by atoms with Crippen molar-refractivity contribution < 1.29 is 24.1 Å². The predicted molar refractivity (Wildman–Crippen MR) is 71.1 cm³/mol. The second-order valence-electron chi connectivity index (χ2n) is 4.00. The lowest BCUT2D eigenvalue weighted by Crippen LogP contribution is -2.11. The Labute approximate surface area is 119 Å². The molecule has 0 aromatic heterocycles. The first-order valence-electron chi connectivity index (χ1n) is 6.14. The zero-order valence-electron chi connectivity index (χ0n) is 11.3. The van der Waals surface area contributed by atoms with Crippen molar-refractivity contribution in [3.63, 3.8) is 0 Å². The molecule has 0 saturated heterocycles. The fourth-order valence-corrected chi connectivity index (χ4v) is 1.45. The highest BCUT2D eigenvalue weighted by Crippen LogP contribution is 2.23. The van der Waals surface area contributed by atoms with Crippen molar-refractivity contribution in [1.29, 1.82) is 0 Å². The van der Waals surface area contributed by atoms with Gasteiger partial charge < -0.3 is 9.47 Å². The molecule has 0 fully saturated rings. The Morgan fingerprint density at radius 1 is 1.05 bits per heavy atom. The van der Waals surface area contributed by atoms with E-state index in [9.17, 15) is 25.0 Å². The molecule has 1 rings (SSSR count). The van der Waals surface area contributed by atoms with Gasteiger partial charge >= 0.3 is 5.97 Å². The molecule has 0 bridgehead atoms. The highest BCUT2D eigenvalue weighted by atomic mass is 16.6. The zero-order valence-corrected chi connectivity index (χ0v) is 11.3. The summed E-state index contributed by atoms with van der Waals surface area (Å²) in [7, 11) is 0. The summed E-state index contributed by atoms with van der Waals surface area (Å²) in [5, 5.41) is 21.4. The van der Waals surface area contributed by atoms with E-state index in [2.05, 4.69) is 0 Å². The van der Waals surface area contributed by atoms with Crippen molar-refractivity contribution >= 4 is 17.3 Å². The van der Waals surface area contributed by atoms with Gasteiger partial charge in [-0.3, -0.25) is 20.2 Å². The maximum atomic E-state index is 11.7. The number of carbonyl (C=O) groups excluding carboxylic acids is 1. The average molecular weight is 298 g/mol. The SMILES string of the molecule is CCCOCCOC(=O)c1cc([N+](=O)[O-])cc([N+](=O)[O-])c1. The Bertz CT molecular complexity index is 512. The Kier molecular flexibility index (Phi) is 6.21. The van der Waals surface area contributed by atoms with Crippen LogP contribution in [-0.4, -0.2) is 35.6 Å². The van der Waals surface area contributed by atoms with Crippen LogP contribution in [0.2, 0.25) is 0 Å². The summed E-state index contributed by atoms with van der Waals surface area (Å²) in [6.45, 7) is 2.61. The van der Waals surface area contributed by atoms with Crippen molar-refractivity contribution in [2.24, 2.45) is 0 Å². The van der Waals surface area contributed by atoms with Crippen LogP contribution in [0.5, 0.6) is 0 Å². The van der Waals surface area contributed by atoms with E-state index >= 15 is 0 Å². The Morgan fingerprint density at radius 3 is 2.10 bits per heavy atom. The first kappa shape index (κ1) is 16.5. The lowest BCUT2D eigenvalue weighted by Gasteiger charge is -2.05. The molecule has 9 nitrogen and oxygen atoms in total. The van der Waals surface area contributed by atoms with Gasteiger partial charge in [-0.25, -0.2) is 4.79 Å². The lowest BCUT2D eigenvalue weighted by atomic mass is 10.2. The fourth-order valence-electron chi connectivity index (χ4n) is 1.45. The topological polar surface area (TPSA) is 122 Å². The fraction of sp³-hybridized carbons (Fsp3) is 0.417. The van der Waals surface area contributed by atoms with Crippen LogP contribution in [0.25, 0.3) is 0 Å². The van der Waals surface area contributed by atoms with E-state index in [1.807, 2.05) is 6.92 Å². The maximum absolute atomic E-state index is 11.7. The molecule has 0 spiro atoms. The normalized spacial score (nSPS) is 10.1. The summed E-state index contributed by atoms with van der Waals surface area (Å²) in [5.74, 6) is -0.873. The van der Waals surface area contributed by atoms with Gasteiger partial charge in [-0.15, -0.1) is 0 Å². The van der Waals surface area contributed by atoms with Gasteiger partial charge in [-0.2, -0.15) is 0 Å². The van der Waals surface area contributed by atoms with Crippen LogP contribution in [0.4, 0.5) is 11.4 Å². The minimum Gasteiger partial charge on any atom is -0.460 e. The largest absolute Gasteiger partial charge is 0.460 e. The molecule has 0 amide bonds. The van der Waals surface area contributed by atoms with Crippen LogP contribution < -0.4 is 0 Å². The van der Waals surface area contributed by atoms with Gasteiger partial charge in [0.25, 0.3) is 11.4 Å². The van der Waals surface area contributed by atoms with Gasteiger partial charge in [0.2, 0.25) is 0 Å². The molecule has 0 saturated carbocycles. The number of nitrogens with zero attached hydrogens (tertiary/aromatic N) is 2. The number of ether oxygens (including phenoxy) is 2. The van der Waals surface area contributed by atoms with Crippen LogP contribution in [0, 0.1) is 20.2 Å². The molecule has 1 aromatic rings. The number of nitro benzene ring substituents is 2. The molecule has 0 aliphatic heterocycles. The highest BCUT2D eigenvalue weighted by Gasteiger charge is 2.20. The van der Waals surface area contributed by atoms with Crippen molar-refractivity contribution in [3.05, 3.63) is 44.0 Å². The van der Waals surface area contributed by atoms with Crippen molar-refractivity contribution in [3.8, 4) is 0 Å². The Balaban J connectivity index is 2.78. The molecule has 0 radical (unpaired) electrons. The number of esters is 1. The molecular formula is C12H14N2O7. The highest BCUT2D eigenvalue weighted by molar-refractivity contribution is 5.91. The molecule has 21 heavy (non-hydrogen) atoms. The maximum Gasteiger partial charge on any atom is 0.338 e. The predicted octanol–water partition coefficient (Wildman–Crippen LogP) is 2.09. The molecule has 0 N–H and O–H groups in total. The van der Waals surface area contributed by atoms with E-state index in [4.69, 9.17) is 9.47 Å². The molecule has 0 heterocycles. The van der Waals surface area contributed by atoms with Crippen molar-refractivity contribution in [2.45, 2.75) is 13.3 Å². The van der Waals surface area contributed by atoms with E-state index in [1.54, 1.807) is 0 Å². The van der Waals surface area contributed by atoms with Crippen LogP contribution >= 0.6 is 0 Å². The third-order valence-corrected chi connectivity index (χ3v) is 2.37. The van der Waals surface area contributed by atoms with Crippen molar-refractivity contribution in [1.82, 2.24) is 0 Å². The van der Waals surface area contributed by atoms with Gasteiger partial charge in [-0.05, 0) is 6.42 Å². The van der Waals surface area contributed by atoms with E-state index in [0.29, 0.717) is 6.61 Å². The molecular weight excluding hydrogens is 284 g/mol. The zero-order chi connectivity index (χ0) is 15.8. The number of benzene rings is 1. The minimum absolute atomic E-state index is 0.0324. The molecule has 0 aliphatic carbocycles. The number of hydrogen-bond acceptors (Lipinski definition) is 7. The first-order valence-corrected chi connectivity index (χ1v) is 6.14. The van der Waals surface area contributed by atoms with Crippen LogP contribution in [0.3, 0.4) is 0 Å². The molecule has 114 valence electrons. The molecule has 0 unspecified atom stereocenters. The van der Waals surface area contributed by atoms with Gasteiger partial charge in [-0.1, -0.05) is 6.92 Å². The van der Waals surface area contributed by atoms with Crippen molar-refractivity contribution in [2.75, 3.05) is 19.8 Å². The first-order chi connectivity index (χ1) is 9.95. The summed E-state index contributed by atoms with van der Waals surface area (Å²) in [6.07, 6.45) is 0.824. The quantitative estimate of drug-likeness (QED) is 0.311. The molecule has 1 aromatic carbocycles. The Hall–Kier alpha value is -2.55. The monoisotopic (exact) mass is 298 g/mol. The minimum atomic E-state index is -0.873. The number of hydrogen-bond donors (Lipinski definition) is 0. The second kappa shape index (κ2) is 7.90. The number of carbonyl (C=O) groups is 1. The van der Waals surface area contributed by atoms with E-state index < -0.39 is 27.2 Å². The summed E-state index contributed by atoms with van der Waals surface area (Å²) in [4.78, 5) is 31.5. The molecule has 9 heteroatoms. The second-order valence-corrected chi connectivity index (χ2v) is 4.00. The van der Waals surface area contributed by atoms with Gasteiger partial charge in [0, 0.05) is 18.7 Å². The van der Waals surface area contributed by atoms with Gasteiger partial charge in [0.15, 0.2) is 0 Å². The summed E-state index contributed by atoms with van der Waals surface area (Å²) < 4.78 is 9.93. The van der Waals surface area contributed by atoms with Crippen LogP contribution in [-0.2, 0) is 9.47 Å². The summed E-state index contributed by atoms with van der Waals surface area (Å²) >= 11 is 0. The number of nitro groups is 2. The molecule has 0 aliphatic rings. The Morgan fingerprint density at radius 2 is 1.62 bits per heavy atom. The summed E-state index contributed by atoms with van der Waals surface area (Å²) in [5.41, 5.74) is -1.33. The average Bonchev–Trinajstić information content (AvgIpc) is 2.46. The van der Waals surface area contributed by atoms with Crippen LogP contribution in [0.1, 0.15) is 23.7 Å². The lowest BCUT2D eigenvalue weighted by molar-refractivity contribution is -0.394. The van der Waals surface area contributed by atoms with Gasteiger partial charge in [0.05, 0.1) is 28.1 Å². The smallest absolute Gasteiger partial charge is 0.338 e. The van der Waals surface area contributed by atoms with E-state index in [0.717, 1.165) is 24.6 Å². The van der Waals surface area contributed by atoms with E-state index in [-0.39, 0.29) is 18.8 Å². The van der Waals surface area contributed by atoms with E-state index in [1.165, 1.54) is 0 Å². The summed E-state index contributed by atoms with van der Waals surface area (Å²) in [6, 6.07) is 2.64.